The molecule has 2 aromatic heterocycles. The molecule has 0 atom stereocenters. The van der Waals surface area contributed by atoms with Crippen LogP contribution in [0.3, 0.4) is 0 Å². The van der Waals surface area contributed by atoms with Gasteiger partial charge in [-0.25, -0.2) is 4.98 Å². The quantitative estimate of drug-likeness (QED) is 0.743. The van der Waals surface area contributed by atoms with Crippen LogP contribution in [0.15, 0.2) is 24.5 Å². The van der Waals surface area contributed by atoms with Gasteiger partial charge in [0.2, 0.25) is 0 Å². The molecule has 3 rings (SSSR count). The Bertz CT molecular complexity index is 468. The Morgan fingerprint density at radius 2 is 2.14 bits per heavy atom. The maximum Gasteiger partial charge on any atom is 0.137 e. The summed E-state index contributed by atoms with van der Waals surface area (Å²) in [6.07, 6.45) is 7.96. The number of fused-ring (bicyclic) bond motifs is 1. The molecule has 3 heteroatoms. The normalized spacial score (nSPS) is 17.1. The summed E-state index contributed by atoms with van der Waals surface area (Å²) in [5.41, 5.74) is 8.72. The highest BCUT2D eigenvalue weighted by Crippen LogP contribution is 2.35. The third kappa shape index (κ3) is 1.09. The second-order valence-electron chi connectivity index (χ2n) is 4.02. The van der Waals surface area contributed by atoms with Crippen molar-refractivity contribution in [2.24, 2.45) is 0 Å². The highest BCUT2D eigenvalue weighted by molar-refractivity contribution is 5.48. The second-order valence-corrected chi connectivity index (χ2v) is 4.02. The van der Waals surface area contributed by atoms with Gasteiger partial charge in [-0.3, -0.25) is 0 Å². The third-order valence-corrected chi connectivity index (χ3v) is 3.02. The monoisotopic (exact) mass is 187 g/mol. The second kappa shape index (κ2) is 2.74. The van der Waals surface area contributed by atoms with E-state index < -0.39 is 0 Å². The Balaban J connectivity index is 2.10. The Kier molecular flexibility index (Phi) is 1.54. The molecule has 0 radical (unpaired) electrons. The van der Waals surface area contributed by atoms with Crippen molar-refractivity contribution >= 4 is 11.3 Å². The summed E-state index contributed by atoms with van der Waals surface area (Å²) in [5.74, 6) is 0.691. The van der Waals surface area contributed by atoms with Crippen LogP contribution in [0.2, 0.25) is 0 Å². The summed E-state index contributed by atoms with van der Waals surface area (Å²) in [5, 5.41) is 0. The van der Waals surface area contributed by atoms with Crippen LogP contribution in [0.25, 0.3) is 5.65 Å². The van der Waals surface area contributed by atoms with Crippen molar-refractivity contribution in [3.8, 4) is 0 Å². The fourth-order valence-electron chi connectivity index (χ4n) is 1.93. The molecule has 1 aliphatic rings. The van der Waals surface area contributed by atoms with Crippen LogP contribution in [0.1, 0.15) is 30.9 Å². The molecule has 0 amide bonds. The van der Waals surface area contributed by atoms with E-state index in [0.29, 0.717) is 5.92 Å². The molecule has 14 heavy (non-hydrogen) atoms. The number of nitrogens with two attached hydrogens (primary N) is 1. The lowest BCUT2D eigenvalue weighted by atomic mass is 9.83. The van der Waals surface area contributed by atoms with Crippen LogP contribution in [0, 0.1) is 0 Å². The largest absolute Gasteiger partial charge is 0.398 e. The lowest BCUT2D eigenvalue weighted by Gasteiger charge is -2.22. The highest BCUT2D eigenvalue weighted by atomic mass is 15.0. The number of hydrogen-bond donors (Lipinski definition) is 1. The molecule has 2 aromatic rings. The number of aromatic nitrogens is 2. The summed E-state index contributed by atoms with van der Waals surface area (Å²) < 4.78 is 2.02. The maximum absolute atomic E-state index is 5.71. The summed E-state index contributed by atoms with van der Waals surface area (Å²) >= 11 is 0. The van der Waals surface area contributed by atoms with Gasteiger partial charge in [0.25, 0.3) is 0 Å². The first-order chi connectivity index (χ1) is 6.83. The number of rotatable bonds is 1. The van der Waals surface area contributed by atoms with E-state index in [2.05, 4.69) is 11.2 Å². The van der Waals surface area contributed by atoms with Crippen molar-refractivity contribution in [1.29, 1.82) is 0 Å². The average Bonchev–Trinajstić information content (AvgIpc) is 2.43. The molecular weight excluding hydrogens is 174 g/mol. The van der Waals surface area contributed by atoms with E-state index in [9.17, 15) is 0 Å². The van der Waals surface area contributed by atoms with E-state index in [1.54, 1.807) is 0 Å². The topological polar surface area (TPSA) is 43.3 Å². The minimum Gasteiger partial charge on any atom is -0.398 e. The molecule has 0 spiro atoms. The van der Waals surface area contributed by atoms with Gasteiger partial charge in [-0.05, 0) is 25.0 Å². The minimum atomic E-state index is 0.691. The van der Waals surface area contributed by atoms with Gasteiger partial charge in [0.1, 0.15) is 5.65 Å². The number of hydrogen-bond acceptors (Lipinski definition) is 2. The van der Waals surface area contributed by atoms with Crippen molar-refractivity contribution < 1.29 is 0 Å². The minimum absolute atomic E-state index is 0.691. The zero-order valence-electron chi connectivity index (χ0n) is 7.98. The fraction of sp³-hybridized carbons (Fsp3) is 0.364. The van der Waals surface area contributed by atoms with Gasteiger partial charge in [-0.15, -0.1) is 0 Å². The van der Waals surface area contributed by atoms with E-state index in [4.69, 9.17) is 5.73 Å². The van der Waals surface area contributed by atoms with Crippen molar-refractivity contribution in [1.82, 2.24) is 9.38 Å². The molecule has 72 valence electrons. The number of anilines is 1. The number of nitrogens with zero attached hydrogens (tertiary/aromatic N) is 2. The molecule has 2 heterocycles. The van der Waals surface area contributed by atoms with Crippen LogP contribution in [0.4, 0.5) is 5.69 Å². The van der Waals surface area contributed by atoms with Crippen molar-refractivity contribution in [2.45, 2.75) is 25.2 Å². The summed E-state index contributed by atoms with van der Waals surface area (Å²) in [4.78, 5) is 4.58. The molecule has 1 fully saturated rings. The van der Waals surface area contributed by atoms with Gasteiger partial charge < -0.3 is 10.1 Å². The fourth-order valence-corrected chi connectivity index (χ4v) is 1.93. The van der Waals surface area contributed by atoms with E-state index >= 15 is 0 Å². The average molecular weight is 187 g/mol. The maximum atomic E-state index is 5.71. The Labute approximate surface area is 82.6 Å². The van der Waals surface area contributed by atoms with E-state index in [0.717, 1.165) is 11.3 Å². The lowest BCUT2D eigenvalue weighted by molar-refractivity contribution is 0.412. The zero-order chi connectivity index (χ0) is 9.54. The molecule has 0 aliphatic heterocycles. The molecule has 0 bridgehead atoms. The van der Waals surface area contributed by atoms with Crippen LogP contribution >= 0.6 is 0 Å². The summed E-state index contributed by atoms with van der Waals surface area (Å²) in [7, 11) is 0. The van der Waals surface area contributed by atoms with Gasteiger partial charge in [-0.1, -0.05) is 6.42 Å². The van der Waals surface area contributed by atoms with Crippen molar-refractivity contribution in [2.75, 3.05) is 5.73 Å². The van der Waals surface area contributed by atoms with E-state index in [-0.39, 0.29) is 0 Å². The molecule has 0 saturated heterocycles. The predicted octanol–water partition coefficient (Wildman–Crippen LogP) is 2.18. The standard InChI is InChI=1S/C11H13N3/c12-9-4-5-11-13-10(7-14(11)6-9)8-2-1-3-8/h4-8H,1-3,12H2. The van der Waals surface area contributed by atoms with Gasteiger partial charge >= 0.3 is 0 Å². The molecule has 0 aromatic carbocycles. The number of pyridine rings is 1. The third-order valence-electron chi connectivity index (χ3n) is 3.02. The van der Waals surface area contributed by atoms with Gasteiger partial charge in [0.15, 0.2) is 0 Å². The van der Waals surface area contributed by atoms with Gasteiger partial charge in [0.05, 0.1) is 5.69 Å². The Morgan fingerprint density at radius 1 is 1.29 bits per heavy atom. The first-order valence-corrected chi connectivity index (χ1v) is 5.07. The Morgan fingerprint density at radius 3 is 2.86 bits per heavy atom. The van der Waals surface area contributed by atoms with Crippen molar-refractivity contribution in [3.63, 3.8) is 0 Å². The lowest BCUT2D eigenvalue weighted by Crippen LogP contribution is -2.08. The van der Waals surface area contributed by atoms with Crippen LogP contribution in [0.5, 0.6) is 0 Å². The van der Waals surface area contributed by atoms with Crippen molar-refractivity contribution in [3.05, 3.63) is 30.2 Å². The number of imidazole rings is 1. The predicted molar refractivity (Wildman–Crippen MR) is 56.2 cm³/mol. The zero-order valence-corrected chi connectivity index (χ0v) is 7.98. The summed E-state index contributed by atoms with van der Waals surface area (Å²) in [6.45, 7) is 0. The molecule has 3 nitrogen and oxygen atoms in total. The smallest absolute Gasteiger partial charge is 0.137 e. The highest BCUT2D eigenvalue weighted by Gasteiger charge is 2.21. The first-order valence-electron chi connectivity index (χ1n) is 5.07. The van der Waals surface area contributed by atoms with E-state index in [1.165, 1.54) is 25.0 Å². The molecule has 1 saturated carbocycles. The Hall–Kier alpha value is -1.51. The van der Waals surface area contributed by atoms with Crippen LogP contribution in [-0.4, -0.2) is 9.38 Å². The molecule has 2 N–H and O–H groups in total. The first kappa shape index (κ1) is 7.85. The summed E-state index contributed by atoms with van der Waals surface area (Å²) in [6, 6.07) is 3.87. The SMILES string of the molecule is Nc1ccc2nc(C3CCC3)cn2c1. The van der Waals surface area contributed by atoms with E-state index in [1.807, 2.05) is 22.7 Å². The molecule has 0 unspecified atom stereocenters. The van der Waals surface area contributed by atoms with Gasteiger partial charge in [-0.2, -0.15) is 0 Å². The van der Waals surface area contributed by atoms with Crippen LogP contribution < -0.4 is 5.73 Å². The number of nitrogen functional groups attached to an aromatic ring is 1. The molecule has 1 aliphatic carbocycles. The van der Waals surface area contributed by atoms with Gasteiger partial charge in [0, 0.05) is 24.0 Å². The molecular formula is C11H13N3. The van der Waals surface area contributed by atoms with Crippen LogP contribution in [-0.2, 0) is 0 Å².